The molecule has 0 radical (unpaired) electrons. The molecule has 0 saturated carbocycles. The lowest BCUT2D eigenvalue weighted by Gasteiger charge is -2.10. The molecule has 2 rings (SSSR count). The normalized spacial score (nSPS) is 10.4. The number of phenolic OH excluding ortho intramolecular Hbond substituents is 2. The Labute approximate surface area is 123 Å². The Morgan fingerprint density at radius 3 is 2.38 bits per heavy atom. The first-order valence-corrected chi connectivity index (χ1v) is 6.70. The molecular weight excluding hydrogens is 268 g/mol. The molecule has 0 fully saturated rings. The van der Waals surface area contributed by atoms with Crippen LogP contribution in [0.25, 0.3) is 0 Å². The van der Waals surface area contributed by atoms with Crippen LogP contribution >= 0.6 is 0 Å². The minimum atomic E-state index is -0.119. The van der Waals surface area contributed by atoms with Crippen LogP contribution in [0.5, 0.6) is 17.2 Å². The number of methoxy groups -OCH3 is 1. The Bertz CT molecular complexity index is 645. The third kappa shape index (κ3) is 3.34. The van der Waals surface area contributed by atoms with Crippen LogP contribution in [0.2, 0.25) is 0 Å². The van der Waals surface area contributed by atoms with E-state index < -0.39 is 0 Å². The lowest BCUT2D eigenvalue weighted by molar-refractivity contribution is 0.0980. The zero-order chi connectivity index (χ0) is 15.4. The molecule has 110 valence electrons. The van der Waals surface area contributed by atoms with Gasteiger partial charge in [-0.05, 0) is 43.2 Å². The van der Waals surface area contributed by atoms with Crippen molar-refractivity contribution in [3.63, 3.8) is 0 Å². The number of ether oxygens (including phenoxy) is 1. The summed E-state index contributed by atoms with van der Waals surface area (Å²) in [7, 11) is 1.52. The van der Waals surface area contributed by atoms with Gasteiger partial charge in [-0.1, -0.05) is 12.1 Å². The van der Waals surface area contributed by atoms with E-state index in [9.17, 15) is 15.0 Å². The van der Waals surface area contributed by atoms with E-state index in [0.29, 0.717) is 29.7 Å². The molecule has 0 unspecified atom stereocenters. The SMILES string of the molecule is COc1ccc(C(=O)CCc2ccc(O)cc2)c(O)c1C. The van der Waals surface area contributed by atoms with Crippen LogP contribution in [-0.2, 0) is 6.42 Å². The van der Waals surface area contributed by atoms with Gasteiger partial charge in [-0.25, -0.2) is 0 Å². The van der Waals surface area contributed by atoms with Crippen molar-refractivity contribution in [2.45, 2.75) is 19.8 Å². The number of aromatic hydroxyl groups is 2. The molecule has 0 aromatic heterocycles. The molecule has 0 aliphatic carbocycles. The van der Waals surface area contributed by atoms with E-state index >= 15 is 0 Å². The smallest absolute Gasteiger partial charge is 0.166 e. The first kappa shape index (κ1) is 14.9. The van der Waals surface area contributed by atoms with Crippen molar-refractivity contribution in [3.05, 3.63) is 53.1 Å². The highest BCUT2D eigenvalue weighted by molar-refractivity contribution is 5.99. The van der Waals surface area contributed by atoms with Crippen LogP contribution in [0.1, 0.15) is 27.9 Å². The number of rotatable bonds is 5. The van der Waals surface area contributed by atoms with Gasteiger partial charge in [-0.15, -0.1) is 0 Å². The maximum absolute atomic E-state index is 12.2. The van der Waals surface area contributed by atoms with Crippen LogP contribution in [0.15, 0.2) is 36.4 Å². The van der Waals surface area contributed by atoms with Gasteiger partial charge in [0.15, 0.2) is 5.78 Å². The summed E-state index contributed by atoms with van der Waals surface area (Å²) in [5.41, 5.74) is 1.84. The molecule has 4 nitrogen and oxygen atoms in total. The lowest BCUT2D eigenvalue weighted by Crippen LogP contribution is -2.03. The standard InChI is InChI=1S/C17H18O4/c1-11-16(21-2)10-8-14(17(11)20)15(19)9-5-12-3-6-13(18)7-4-12/h3-4,6-8,10,18,20H,5,9H2,1-2H3. The Hall–Kier alpha value is -2.49. The number of hydrogen-bond acceptors (Lipinski definition) is 4. The summed E-state index contributed by atoms with van der Waals surface area (Å²) in [6, 6.07) is 10.0. The highest BCUT2D eigenvalue weighted by atomic mass is 16.5. The summed E-state index contributed by atoms with van der Waals surface area (Å²) in [5.74, 6) is 0.618. The number of hydrogen-bond donors (Lipinski definition) is 2. The number of carbonyl (C=O) groups is 1. The van der Waals surface area contributed by atoms with Crippen LogP contribution < -0.4 is 4.74 Å². The van der Waals surface area contributed by atoms with Crippen molar-refractivity contribution in [2.24, 2.45) is 0 Å². The van der Waals surface area contributed by atoms with E-state index in [0.717, 1.165) is 5.56 Å². The molecule has 2 aromatic carbocycles. The third-order valence-electron chi connectivity index (χ3n) is 3.48. The average molecular weight is 286 g/mol. The number of benzene rings is 2. The summed E-state index contributed by atoms with van der Waals surface area (Å²) < 4.78 is 5.11. The minimum absolute atomic E-state index is 0.0231. The topological polar surface area (TPSA) is 66.8 Å². The highest BCUT2D eigenvalue weighted by Crippen LogP contribution is 2.31. The first-order valence-electron chi connectivity index (χ1n) is 6.70. The second kappa shape index (κ2) is 6.31. The van der Waals surface area contributed by atoms with Crippen molar-refractivity contribution >= 4 is 5.78 Å². The van der Waals surface area contributed by atoms with E-state index in [-0.39, 0.29) is 17.3 Å². The van der Waals surface area contributed by atoms with E-state index in [1.807, 2.05) is 0 Å². The highest BCUT2D eigenvalue weighted by Gasteiger charge is 2.15. The summed E-state index contributed by atoms with van der Waals surface area (Å²) in [6.07, 6.45) is 0.855. The average Bonchev–Trinajstić information content (AvgIpc) is 2.49. The summed E-state index contributed by atoms with van der Waals surface area (Å²) in [6.45, 7) is 1.71. The van der Waals surface area contributed by atoms with Gasteiger partial charge in [0.25, 0.3) is 0 Å². The largest absolute Gasteiger partial charge is 0.508 e. The molecule has 0 spiro atoms. The van der Waals surface area contributed by atoms with Gasteiger partial charge < -0.3 is 14.9 Å². The van der Waals surface area contributed by atoms with Gasteiger partial charge in [0.05, 0.1) is 12.7 Å². The monoisotopic (exact) mass is 286 g/mol. The minimum Gasteiger partial charge on any atom is -0.508 e. The fourth-order valence-corrected chi connectivity index (χ4v) is 2.18. The quantitative estimate of drug-likeness (QED) is 0.828. The van der Waals surface area contributed by atoms with E-state index in [4.69, 9.17) is 4.74 Å². The summed E-state index contributed by atoms with van der Waals surface area (Å²) in [4.78, 5) is 12.2. The van der Waals surface area contributed by atoms with Crippen LogP contribution in [0, 0.1) is 6.92 Å². The molecule has 2 N–H and O–H groups in total. The van der Waals surface area contributed by atoms with Crippen LogP contribution in [-0.4, -0.2) is 23.1 Å². The molecule has 0 aliphatic heterocycles. The summed E-state index contributed by atoms with van der Waals surface area (Å²) >= 11 is 0. The Morgan fingerprint density at radius 1 is 1.10 bits per heavy atom. The Kier molecular flexibility index (Phi) is 4.48. The Morgan fingerprint density at radius 2 is 1.76 bits per heavy atom. The predicted molar refractivity (Wildman–Crippen MR) is 80.2 cm³/mol. The van der Waals surface area contributed by atoms with Crippen LogP contribution in [0.3, 0.4) is 0 Å². The molecule has 4 heteroatoms. The zero-order valence-electron chi connectivity index (χ0n) is 12.1. The van der Waals surface area contributed by atoms with Gasteiger partial charge >= 0.3 is 0 Å². The number of phenols is 2. The number of carbonyl (C=O) groups excluding carboxylic acids is 1. The van der Waals surface area contributed by atoms with Gasteiger partial charge in [0, 0.05) is 12.0 Å². The fourth-order valence-electron chi connectivity index (χ4n) is 2.18. The van der Waals surface area contributed by atoms with Gasteiger partial charge in [0.1, 0.15) is 17.2 Å². The molecule has 0 amide bonds. The van der Waals surface area contributed by atoms with Crippen LogP contribution in [0.4, 0.5) is 0 Å². The van der Waals surface area contributed by atoms with Crippen molar-refractivity contribution in [1.29, 1.82) is 0 Å². The molecule has 0 atom stereocenters. The van der Waals surface area contributed by atoms with Crippen molar-refractivity contribution in [2.75, 3.05) is 7.11 Å². The van der Waals surface area contributed by atoms with Gasteiger partial charge in [0.2, 0.25) is 0 Å². The molecule has 2 aromatic rings. The number of aryl methyl sites for hydroxylation is 1. The third-order valence-corrected chi connectivity index (χ3v) is 3.48. The number of ketones is 1. The van der Waals surface area contributed by atoms with Crippen molar-refractivity contribution < 1.29 is 19.7 Å². The molecule has 0 aliphatic rings. The zero-order valence-corrected chi connectivity index (χ0v) is 12.1. The molecule has 0 heterocycles. The molecular formula is C17H18O4. The maximum atomic E-state index is 12.2. The lowest BCUT2D eigenvalue weighted by atomic mass is 10.00. The van der Waals surface area contributed by atoms with E-state index in [2.05, 4.69) is 0 Å². The second-order valence-corrected chi connectivity index (χ2v) is 4.88. The van der Waals surface area contributed by atoms with E-state index in [1.165, 1.54) is 7.11 Å². The molecule has 0 saturated heterocycles. The van der Waals surface area contributed by atoms with Gasteiger partial charge in [-0.2, -0.15) is 0 Å². The fraction of sp³-hybridized carbons (Fsp3) is 0.235. The van der Waals surface area contributed by atoms with Gasteiger partial charge in [-0.3, -0.25) is 4.79 Å². The van der Waals surface area contributed by atoms with E-state index in [1.54, 1.807) is 43.3 Å². The predicted octanol–water partition coefficient (Wildman–Crippen LogP) is 3.23. The number of Topliss-reactive ketones (excluding diaryl/α,β-unsaturated/α-hetero) is 1. The second-order valence-electron chi connectivity index (χ2n) is 4.88. The van der Waals surface area contributed by atoms with Crippen molar-refractivity contribution in [3.8, 4) is 17.2 Å². The summed E-state index contributed by atoms with van der Waals surface area (Å²) in [5, 5.41) is 19.3. The first-order chi connectivity index (χ1) is 10.0. The molecule has 0 bridgehead atoms. The molecule has 21 heavy (non-hydrogen) atoms. The van der Waals surface area contributed by atoms with Crippen molar-refractivity contribution in [1.82, 2.24) is 0 Å². The maximum Gasteiger partial charge on any atom is 0.166 e. The Balaban J connectivity index is 2.10.